The summed E-state index contributed by atoms with van der Waals surface area (Å²) < 4.78 is 5.08. The fraction of sp³-hybridized carbons (Fsp3) is 0.833. The zero-order chi connectivity index (χ0) is 12.3. The van der Waals surface area contributed by atoms with E-state index in [9.17, 15) is 0 Å². The van der Waals surface area contributed by atoms with Gasteiger partial charge in [0.2, 0.25) is 5.89 Å². The van der Waals surface area contributed by atoms with E-state index in [4.69, 9.17) is 4.52 Å². The number of hydrogen-bond acceptors (Lipinski definition) is 5. The van der Waals surface area contributed by atoms with E-state index in [0.29, 0.717) is 30.3 Å². The van der Waals surface area contributed by atoms with E-state index in [2.05, 4.69) is 34.2 Å². The summed E-state index contributed by atoms with van der Waals surface area (Å²) in [4.78, 5) is 6.71. The summed E-state index contributed by atoms with van der Waals surface area (Å²) in [6.07, 6.45) is 2.40. The van der Waals surface area contributed by atoms with Crippen LogP contribution in [0.25, 0.3) is 0 Å². The van der Waals surface area contributed by atoms with Crippen LogP contribution in [0.5, 0.6) is 0 Å². The van der Waals surface area contributed by atoms with Gasteiger partial charge in [-0.1, -0.05) is 5.16 Å². The van der Waals surface area contributed by atoms with Crippen molar-refractivity contribution in [3.63, 3.8) is 0 Å². The summed E-state index contributed by atoms with van der Waals surface area (Å²) in [6.45, 7) is 9.40. The van der Waals surface area contributed by atoms with E-state index in [0.717, 1.165) is 0 Å². The van der Waals surface area contributed by atoms with Crippen molar-refractivity contribution in [2.24, 2.45) is 0 Å². The molecule has 1 aliphatic heterocycles. The Morgan fingerprint density at radius 1 is 1.41 bits per heavy atom. The van der Waals surface area contributed by atoms with Gasteiger partial charge >= 0.3 is 0 Å². The van der Waals surface area contributed by atoms with E-state index in [1.807, 2.05) is 6.92 Å². The summed E-state index contributed by atoms with van der Waals surface area (Å²) in [5.74, 6) is 1.39. The molecule has 0 spiro atoms. The number of likely N-dealkylation sites (tertiary alicyclic amines) is 1. The van der Waals surface area contributed by atoms with Crippen LogP contribution in [0.15, 0.2) is 4.52 Å². The molecule has 17 heavy (non-hydrogen) atoms. The van der Waals surface area contributed by atoms with Gasteiger partial charge in [0.05, 0.1) is 6.54 Å². The molecular weight excluding hydrogens is 216 g/mol. The van der Waals surface area contributed by atoms with Crippen molar-refractivity contribution >= 4 is 0 Å². The summed E-state index contributed by atoms with van der Waals surface area (Å²) >= 11 is 0. The van der Waals surface area contributed by atoms with Crippen molar-refractivity contribution in [2.75, 3.05) is 13.1 Å². The van der Waals surface area contributed by atoms with Crippen LogP contribution in [0.2, 0.25) is 0 Å². The number of hydrogen-bond donors (Lipinski definition) is 1. The van der Waals surface area contributed by atoms with Gasteiger partial charge in [-0.05, 0) is 46.7 Å². The first kappa shape index (κ1) is 12.5. The SMILES string of the molecule is Cc1noc(CNC2CCN(C(C)C)CC2)n1. The minimum Gasteiger partial charge on any atom is -0.338 e. The largest absolute Gasteiger partial charge is 0.338 e. The van der Waals surface area contributed by atoms with Crippen LogP contribution in [0.4, 0.5) is 0 Å². The van der Waals surface area contributed by atoms with E-state index in [-0.39, 0.29) is 0 Å². The first-order valence-electron chi connectivity index (χ1n) is 6.42. The normalized spacial score (nSPS) is 19.1. The standard InChI is InChI=1S/C12H22N4O/c1-9(2)16-6-4-11(5-7-16)13-8-12-14-10(3)15-17-12/h9,11,13H,4-8H2,1-3H3. The van der Waals surface area contributed by atoms with Crippen molar-refractivity contribution < 1.29 is 4.52 Å². The Hall–Kier alpha value is -0.940. The summed E-state index contributed by atoms with van der Waals surface area (Å²) in [6, 6.07) is 1.24. The van der Waals surface area contributed by atoms with E-state index < -0.39 is 0 Å². The average Bonchev–Trinajstić information content (AvgIpc) is 2.73. The minimum atomic E-state index is 0.581. The second-order valence-corrected chi connectivity index (χ2v) is 5.02. The van der Waals surface area contributed by atoms with Crippen LogP contribution in [0.1, 0.15) is 38.4 Å². The number of aryl methyl sites for hydroxylation is 1. The van der Waals surface area contributed by atoms with Crippen LogP contribution in [-0.4, -0.2) is 40.2 Å². The molecule has 96 valence electrons. The first-order chi connectivity index (χ1) is 8.15. The monoisotopic (exact) mass is 238 g/mol. The lowest BCUT2D eigenvalue weighted by molar-refractivity contribution is 0.159. The van der Waals surface area contributed by atoms with Crippen molar-refractivity contribution in [3.8, 4) is 0 Å². The second-order valence-electron chi connectivity index (χ2n) is 5.02. The second kappa shape index (κ2) is 5.60. The van der Waals surface area contributed by atoms with Crippen LogP contribution >= 0.6 is 0 Å². The number of nitrogens with zero attached hydrogens (tertiary/aromatic N) is 3. The third kappa shape index (κ3) is 3.51. The summed E-state index contributed by atoms with van der Waals surface area (Å²) in [7, 11) is 0. The smallest absolute Gasteiger partial charge is 0.240 e. The molecule has 0 atom stereocenters. The van der Waals surface area contributed by atoms with Crippen molar-refractivity contribution in [1.29, 1.82) is 0 Å². The van der Waals surface area contributed by atoms with Crippen LogP contribution in [-0.2, 0) is 6.54 Å². The molecule has 1 aromatic heterocycles. The molecule has 5 heteroatoms. The highest BCUT2D eigenvalue weighted by Gasteiger charge is 2.20. The highest BCUT2D eigenvalue weighted by Crippen LogP contribution is 2.13. The molecule has 2 heterocycles. The molecule has 0 amide bonds. The maximum atomic E-state index is 5.08. The molecule has 0 unspecified atom stereocenters. The van der Waals surface area contributed by atoms with Gasteiger partial charge in [-0.25, -0.2) is 0 Å². The number of piperidine rings is 1. The summed E-state index contributed by atoms with van der Waals surface area (Å²) in [5, 5.41) is 7.27. The van der Waals surface area contributed by atoms with Crippen LogP contribution in [0.3, 0.4) is 0 Å². The molecule has 1 N–H and O–H groups in total. The Morgan fingerprint density at radius 2 is 2.12 bits per heavy atom. The van der Waals surface area contributed by atoms with E-state index in [1.54, 1.807) is 0 Å². The van der Waals surface area contributed by atoms with Crippen LogP contribution < -0.4 is 5.32 Å². The quantitative estimate of drug-likeness (QED) is 0.858. The molecule has 1 aromatic rings. The lowest BCUT2D eigenvalue weighted by Crippen LogP contribution is -2.44. The molecule has 1 aliphatic rings. The van der Waals surface area contributed by atoms with Gasteiger partial charge in [-0.3, -0.25) is 0 Å². The number of aromatic nitrogens is 2. The van der Waals surface area contributed by atoms with Gasteiger partial charge in [-0.2, -0.15) is 4.98 Å². The highest BCUT2D eigenvalue weighted by atomic mass is 16.5. The van der Waals surface area contributed by atoms with Gasteiger partial charge in [0.1, 0.15) is 0 Å². The van der Waals surface area contributed by atoms with Gasteiger partial charge in [0, 0.05) is 12.1 Å². The van der Waals surface area contributed by atoms with Gasteiger partial charge in [0.15, 0.2) is 5.82 Å². The van der Waals surface area contributed by atoms with Gasteiger partial charge in [-0.15, -0.1) is 0 Å². The average molecular weight is 238 g/mol. The highest BCUT2D eigenvalue weighted by molar-refractivity contribution is 4.85. The Morgan fingerprint density at radius 3 is 2.65 bits per heavy atom. The topological polar surface area (TPSA) is 54.2 Å². The summed E-state index contributed by atoms with van der Waals surface area (Å²) in [5.41, 5.74) is 0. The molecule has 1 saturated heterocycles. The minimum absolute atomic E-state index is 0.581. The molecule has 1 fully saturated rings. The Bertz CT molecular complexity index is 342. The predicted octanol–water partition coefficient (Wildman–Crippen LogP) is 1.34. The third-order valence-corrected chi connectivity index (χ3v) is 3.37. The van der Waals surface area contributed by atoms with E-state index >= 15 is 0 Å². The molecular formula is C12H22N4O. The molecule has 0 saturated carbocycles. The van der Waals surface area contributed by atoms with Crippen molar-refractivity contribution in [2.45, 2.75) is 52.2 Å². The lowest BCUT2D eigenvalue weighted by atomic mass is 10.0. The molecule has 0 aromatic carbocycles. The first-order valence-corrected chi connectivity index (χ1v) is 6.42. The molecule has 0 bridgehead atoms. The maximum absolute atomic E-state index is 5.08. The fourth-order valence-corrected chi connectivity index (χ4v) is 2.26. The Kier molecular flexibility index (Phi) is 4.12. The number of rotatable bonds is 4. The third-order valence-electron chi connectivity index (χ3n) is 3.37. The molecule has 0 aliphatic carbocycles. The zero-order valence-corrected chi connectivity index (χ0v) is 10.9. The van der Waals surface area contributed by atoms with Crippen molar-refractivity contribution in [1.82, 2.24) is 20.4 Å². The molecule has 2 rings (SSSR count). The fourth-order valence-electron chi connectivity index (χ4n) is 2.26. The maximum Gasteiger partial charge on any atom is 0.240 e. The number of nitrogens with one attached hydrogen (secondary N) is 1. The lowest BCUT2D eigenvalue weighted by Gasteiger charge is -2.34. The zero-order valence-electron chi connectivity index (χ0n) is 10.9. The van der Waals surface area contributed by atoms with Crippen molar-refractivity contribution in [3.05, 3.63) is 11.7 Å². The predicted molar refractivity (Wildman–Crippen MR) is 65.6 cm³/mol. The van der Waals surface area contributed by atoms with Crippen LogP contribution in [0, 0.1) is 6.92 Å². The van der Waals surface area contributed by atoms with Gasteiger partial charge < -0.3 is 14.7 Å². The van der Waals surface area contributed by atoms with Gasteiger partial charge in [0.25, 0.3) is 0 Å². The Balaban J connectivity index is 1.71. The Labute approximate surface area is 103 Å². The van der Waals surface area contributed by atoms with E-state index in [1.165, 1.54) is 25.9 Å². The molecule has 5 nitrogen and oxygen atoms in total. The molecule has 0 radical (unpaired) electrons.